The molecule has 3 N–H and O–H groups in total. The van der Waals surface area contributed by atoms with E-state index >= 15 is 0 Å². The van der Waals surface area contributed by atoms with E-state index in [1.54, 1.807) is 6.92 Å². The van der Waals surface area contributed by atoms with Gasteiger partial charge in [0.25, 0.3) is 0 Å². The van der Waals surface area contributed by atoms with Crippen LogP contribution >= 0.6 is 0 Å². The van der Waals surface area contributed by atoms with E-state index in [4.69, 9.17) is 4.74 Å². The van der Waals surface area contributed by atoms with Crippen molar-refractivity contribution in [3.63, 3.8) is 0 Å². The highest BCUT2D eigenvalue weighted by Gasteiger charge is 2.67. The van der Waals surface area contributed by atoms with Gasteiger partial charge in [0.15, 0.2) is 0 Å². The van der Waals surface area contributed by atoms with E-state index in [9.17, 15) is 24.9 Å². The van der Waals surface area contributed by atoms with Crippen LogP contribution in [-0.2, 0) is 14.3 Å². The quantitative estimate of drug-likeness (QED) is 0.618. The molecular weight excluding hydrogens is 276 g/mol. The second kappa shape index (κ2) is 4.68. The Kier molecular flexibility index (Phi) is 3.50. The minimum Gasteiger partial charge on any atom is -0.481 e. The highest BCUT2D eigenvalue weighted by Crippen LogP contribution is 2.52. The summed E-state index contributed by atoms with van der Waals surface area (Å²) in [4.78, 5) is 23.6. The standard InChI is InChI=1S/C15H20O6/c1-9-4-5-15(20)13(2,12(18)19)7-10(16)8-14(15,3)21-11(17)6-9/h4-6,10,16,20H,7-8H2,1-3H3,(H,18,19). The maximum atomic E-state index is 11.9. The number of carbonyl (C=O) groups excluding carboxylic acids is 1. The molecule has 0 bridgehead atoms. The summed E-state index contributed by atoms with van der Waals surface area (Å²) in [5.41, 5.74) is -4.57. The van der Waals surface area contributed by atoms with Gasteiger partial charge >= 0.3 is 11.9 Å². The average Bonchev–Trinajstić information content (AvgIpc) is 2.31. The first-order valence-electron chi connectivity index (χ1n) is 6.78. The largest absolute Gasteiger partial charge is 0.481 e. The Morgan fingerprint density at radius 2 is 2.00 bits per heavy atom. The van der Waals surface area contributed by atoms with Gasteiger partial charge in [-0.1, -0.05) is 6.08 Å². The lowest BCUT2D eigenvalue weighted by Gasteiger charge is -2.55. The summed E-state index contributed by atoms with van der Waals surface area (Å²) in [7, 11) is 0. The second-order valence-corrected chi connectivity index (χ2v) is 6.34. The van der Waals surface area contributed by atoms with Gasteiger partial charge in [-0.2, -0.15) is 0 Å². The molecule has 0 aromatic rings. The first-order valence-corrected chi connectivity index (χ1v) is 6.78. The zero-order chi connectivity index (χ0) is 16.1. The fraction of sp³-hybridized carbons (Fsp3) is 0.600. The van der Waals surface area contributed by atoms with Crippen molar-refractivity contribution in [2.45, 2.75) is 50.9 Å². The Labute approximate surface area is 122 Å². The summed E-state index contributed by atoms with van der Waals surface area (Å²) in [5.74, 6) is -1.92. The molecule has 1 aliphatic heterocycles. The minimum atomic E-state index is -1.92. The van der Waals surface area contributed by atoms with Gasteiger partial charge in [0, 0.05) is 12.5 Å². The van der Waals surface area contributed by atoms with Gasteiger partial charge in [-0.25, -0.2) is 4.79 Å². The molecule has 116 valence electrons. The Hall–Kier alpha value is -1.66. The molecule has 0 aromatic carbocycles. The number of rotatable bonds is 1. The molecule has 1 saturated carbocycles. The van der Waals surface area contributed by atoms with E-state index in [2.05, 4.69) is 0 Å². The van der Waals surface area contributed by atoms with E-state index < -0.39 is 34.7 Å². The number of aliphatic hydroxyl groups excluding tert-OH is 1. The van der Waals surface area contributed by atoms with Gasteiger partial charge in [0.2, 0.25) is 0 Å². The molecule has 6 heteroatoms. The number of hydrogen-bond acceptors (Lipinski definition) is 5. The summed E-state index contributed by atoms with van der Waals surface area (Å²) in [6.45, 7) is 4.46. The molecule has 1 heterocycles. The van der Waals surface area contributed by atoms with Crippen molar-refractivity contribution in [1.82, 2.24) is 0 Å². The number of allylic oxidation sites excluding steroid dienone is 2. The summed E-state index contributed by atoms with van der Waals surface area (Å²) < 4.78 is 5.33. The van der Waals surface area contributed by atoms with Gasteiger partial charge in [-0.05, 0) is 38.8 Å². The lowest BCUT2D eigenvalue weighted by atomic mass is 9.56. The van der Waals surface area contributed by atoms with Crippen molar-refractivity contribution in [3.05, 3.63) is 23.8 Å². The molecule has 0 spiro atoms. The zero-order valence-corrected chi connectivity index (χ0v) is 12.3. The van der Waals surface area contributed by atoms with E-state index in [0.29, 0.717) is 5.57 Å². The third-order valence-corrected chi connectivity index (χ3v) is 4.65. The predicted molar refractivity (Wildman–Crippen MR) is 73.3 cm³/mol. The van der Waals surface area contributed by atoms with Crippen LogP contribution in [-0.4, -0.2) is 44.6 Å². The molecule has 0 amide bonds. The number of aliphatic carboxylic acids is 1. The van der Waals surface area contributed by atoms with E-state index in [1.165, 1.54) is 32.1 Å². The first kappa shape index (κ1) is 15.7. The Bertz CT molecular complexity index is 550. The molecular formula is C15H20O6. The first-order chi connectivity index (χ1) is 9.54. The highest BCUT2D eigenvalue weighted by molar-refractivity contribution is 5.85. The second-order valence-electron chi connectivity index (χ2n) is 6.34. The van der Waals surface area contributed by atoms with Crippen LogP contribution in [0.4, 0.5) is 0 Å². The third kappa shape index (κ3) is 2.18. The van der Waals surface area contributed by atoms with E-state index in [0.717, 1.165) is 0 Å². The van der Waals surface area contributed by atoms with Crippen molar-refractivity contribution in [3.8, 4) is 0 Å². The molecule has 2 rings (SSSR count). The van der Waals surface area contributed by atoms with Gasteiger partial charge in [0.05, 0.1) is 6.10 Å². The number of carboxylic acids is 1. The van der Waals surface area contributed by atoms with Gasteiger partial charge in [-0.3, -0.25) is 4.79 Å². The van der Waals surface area contributed by atoms with Crippen LogP contribution in [0.5, 0.6) is 0 Å². The molecule has 6 nitrogen and oxygen atoms in total. The van der Waals surface area contributed by atoms with Crippen molar-refractivity contribution in [2.75, 3.05) is 0 Å². The number of carbonyl (C=O) groups is 2. The van der Waals surface area contributed by atoms with Crippen LogP contribution in [0.3, 0.4) is 0 Å². The molecule has 21 heavy (non-hydrogen) atoms. The van der Waals surface area contributed by atoms with Crippen molar-refractivity contribution >= 4 is 11.9 Å². The van der Waals surface area contributed by atoms with Crippen molar-refractivity contribution in [2.24, 2.45) is 5.41 Å². The third-order valence-electron chi connectivity index (χ3n) is 4.65. The van der Waals surface area contributed by atoms with E-state index in [1.807, 2.05) is 0 Å². The lowest BCUT2D eigenvalue weighted by molar-refractivity contribution is -0.240. The topological polar surface area (TPSA) is 104 Å². The molecule has 2 aliphatic rings. The van der Waals surface area contributed by atoms with Crippen LogP contribution in [0.25, 0.3) is 0 Å². The zero-order valence-electron chi connectivity index (χ0n) is 12.3. The maximum Gasteiger partial charge on any atom is 0.331 e. The maximum absolute atomic E-state index is 11.9. The number of ether oxygens (including phenoxy) is 1. The highest BCUT2D eigenvalue weighted by atomic mass is 16.6. The predicted octanol–water partition coefficient (Wildman–Crippen LogP) is 0.781. The number of esters is 1. The summed E-state index contributed by atoms with van der Waals surface area (Å²) in [6.07, 6.45) is 3.00. The van der Waals surface area contributed by atoms with Crippen LogP contribution in [0, 0.1) is 5.41 Å². The lowest BCUT2D eigenvalue weighted by Crippen LogP contribution is -2.69. The van der Waals surface area contributed by atoms with Crippen LogP contribution in [0.1, 0.15) is 33.6 Å². The summed E-state index contributed by atoms with van der Waals surface area (Å²) >= 11 is 0. The van der Waals surface area contributed by atoms with Crippen molar-refractivity contribution < 1.29 is 29.6 Å². The van der Waals surface area contributed by atoms with Crippen molar-refractivity contribution in [1.29, 1.82) is 0 Å². The fourth-order valence-electron chi connectivity index (χ4n) is 3.36. The van der Waals surface area contributed by atoms with Crippen LogP contribution < -0.4 is 0 Å². The van der Waals surface area contributed by atoms with E-state index in [-0.39, 0.29) is 12.8 Å². The number of carboxylic acid groups (broad SMARTS) is 1. The SMILES string of the molecule is CC1=CC(=O)OC2(C)CC(O)CC(C)(C(=O)O)C2(O)C=C1. The van der Waals surface area contributed by atoms with Gasteiger partial charge in [-0.15, -0.1) is 0 Å². The van der Waals surface area contributed by atoms with Gasteiger partial charge in [0.1, 0.15) is 16.6 Å². The van der Waals surface area contributed by atoms with Gasteiger partial charge < -0.3 is 20.1 Å². The molecule has 0 radical (unpaired) electrons. The molecule has 4 unspecified atom stereocenters. The molecule has 4 atom stereocenters. The van der Waals surface area contributed by atoms with Crippen LogP contribution in [0.15, 0.2) is 23.8 Å². The smallest absolute Gasteiger partial charge is 0.331 e. The Balaban J connectivity index is 2.66. The molecule has 0 saturated heterocycles. The molecule has 1 fully saturated rings. The fourth-order valence-corrected chi connectivity index (χ4v) is 3.36. The molecule has 1 aliphatic carbocycles. The van der Waals surface area contributed by atoms with Crippen LogP contribution in [0.2, 0.25) is 0 Å². The summed E-state index contributed by atoms with van der Waals surface area (Å²) in [6, 6.07) is 0. The number of fused-ring (bicyclic) bond motifs is 1. The Morgan fingerprint density at radius 3 is 2.57 bits per heavy atom. The average molecular weight is 296 g/mol. The normalized spacial score (nSPS) is 43.2. The Morgan fingerprint density at radius 1 is 1.38 bits per heavy atom. The minimum absolute atomic E-state index is 0.0324. The number of hydrogen-bond donors (Lipinski definition) is 3. The molecule has 0 aromatic heterocycles. The summed E-state index contributed by atoms with van der Waals surface area (Å²) in [5, 5.41) is 30.7. The monoisotopic (exact) mass is 296 g/mol. The number of aliphatic hydroxyl groups is 2.